The summed E-state index contributed by atoms with van der Waals surface area (Å²) in [6.45, 7) is 5.34. The number of phenolic OH excluding ortho intramolecular Hbond substituents is 1. The molecule has 0 unspecified atom stereocenters. The van der Waals surface area contributed by atoms with Gasteiger partial charge < -0.3 is 24.3 Å². The van der Waals surface area contributed by atoms with Crippen LogP contribution in [0.4, 0.5) is 0 Å². The molecule has 0 aliphatic carbocycles. The zero-order valence-corrected chi connectivity index (χ0v) is 22.3. The number of ether oxygens (including phenoxy) is 2. The Morgan fingerprint density at radius 2 is 1.95 bits per heavy atom. The van der Waals surface area contributed by atoms with Crippen LogP contribution in [0.2, 0.25) is 0 Å². The van der Waals surface area contributed by atoms with Gasteiger partial charge in [0.15, 0.2) is 6.10 Å². The highest BCUT2D eigenvalue weighted by Crippen LogP contribution is 2.29. The van der Waals surface area contributed by atoms with E-state index in [0.29, 0.717) is 33.7 Å². The van der Waals surface area contributed by atoms with Gasteiger partial charge in [0.25, 0.3) is 5.91 Å². The van der Waals surface area contributed by atoms with Crippen LogP contribution >= 0.6 is 11.3 Å². The molecule has 2 aromatic heterocycles. The number of aryl methyl sites for hydroxylation is 2. The van der Waals surface area contributed by atoms with Crippen LogP contribution in [0.3, 0.4) is 0 Å². The smallest absolute Gasteiger partial charge is 0.328 e. The minimum Gasteiger partial charge on any atom is -0.508 e. The average molecular weight is 537 g/mol. The van der Waals surface area contributed by atoms with Gasteiger partial charge in [-0.2, -0.15) is 0 Å². The maximum atomic E-state index is 13.2. The minimum absolute atomic E-state index is 0.0990. The third-order valence-electron chi connectivity index (χ3n) is 6.04. The van der Waals surface area contributed by atoms with E-state index in [1.165, 1.54) is 36.8 Å². The molecule has 0 spiro atoms. The Morgan fingerprint density at radius 3 is 2.58 bits per heavy atom. The molecular weight excluding hydrogens is 508 g/mol. The average Bonchev–Trinajstić information content (AvgIpc) is 3.34. The summed E-state index contributed by atoms with van der Waals surface area (Å²) in [5.74, 6) is -0.623. The van der Waals surface area contributed by atoms with Gasteiger partial charge in [-0.15, -0.1) is 11.3 Å². The zero-order chi connectivity index (χ0) is 27.4. The van der Waals surface area contributed by atoms with Gasteiger partial charge in [0.1, 0.15) is 34.4 Å². The molecular formula is C28H28N2O7S. The summed E-state index contributed by atoms with van der Waals surface area (Å²) in [6.07, 6.45) is 1.14. The number of phenols is 1. The molecule has 0 radical (unpaired) electrons. The van der Waals surface area contributed by atoms with Crippen LogP contribution in [-0.4, -0.2) is 41.2 Å². The van der Waals surface area contributed by atoms with Crippen LogP contribution < -0.4 is 15.5 Å². The summed E-state index contributed by atoms with van der Waals surface area (Å²) in [5.41, 5.74) is 2.81. The standard InChI is InChI=1S/C28H28N2O7S/c1-5-18-11-20-24(36-13-21(25(20)32)27-29-15(2)14-38-27)12-23(18)37-16(3)26(33)30-22(28(34)35-4)10-17-6-8-19(31)9-7-17/h6-9,11-14,16,22,31H,5,10H2,1-4H3,(H,30,33)/t16-,22+/m0/s1. The number of rotatable bonds is 9. The summed E-state index contributed by atoms with van der Waals surface area (Å²) in [5, 5.41) is 15.0. The van der Waals surface area contributed by atoms with Crippen molar-refractivity contribution in [3.63, 3.8) is 0 Å². The van der Waals surface area contributed by atoms with Gasteiger partial charge in [0, 0.05) is 23.6 Å². The van der Waals surface area contributed by atoms with Crippen molar-refractivity contribution in [3.8, 4) is 22.1 Å². The SMILES string of the molecule is CCc1cc2c(=O)c(-c3nc(C)cs3)coc2cc1O[C@@H](C)C(=O)N[C@H](Cc1ccc(O)cc1)C(=O)OC. The fraction of sp³-hybridized carbons (Fsp3) is 0.286. The first-order chi connectivity index (χ1) is 18.2. The lowest BCUT2D eigenvalue weighted by Gasteiger charge is -2.21. The van der Waals surface area contributed by atoms with E-state index in [1.54, 1.807) is 31.2 Å². The summed E-state index contributed by atoms with van der Waals surface area (Å²) < 4.78 is 16.6. The van der Waals surface area contributed by atoms with Crippen LogP contribution in [0.15, 0.2) is 57.3 Å². The third-order valence-corrected chi connectivity index (χ3v) is 7.03. The predicted octanol–water partition coefficient (Wildman–Crippen LogP) is 4.16. The first-order valence-corrected chi connectivity index (χ1v) is 12.9. The molecule has 0 aliphatic rings. The molecule has 2 aromatic carbocycles. The van der Waals surface area contributed by atoms with Crippen LogP contribution in [0.1, 0.15) is 30.7 Å². The molecule has 2 heterocycles. The second kappa shape index (κ2) is 11.5. The van der Waals surface area contributed by atoms with Crippen LogP contribution in [0.25, 0.3) is 21.5 Å². The molecule has 10 heteroatoms. The van der Waals surface area contributed by atoms with Crippen molar-refractivity contribution < 1.29 is 28.6 Å². The van der Waals surface area contributed by atoms with Crippen molar-refractivity contribution in [3.05, 3.63) is 75.1 Å². The number of amides is 1. The van der Waals surface area contributed by atoms with Gasteiger partial charge in [-0.25, -0.2) is 9.78 Å². The highest BCUT2D eigenvalue weighted by atomic mass is 32.1. The maximum Gasteiger partial charge on any atom is 0.328 e. The molecule has 0 saturated heterocycles. The van der Waals surface area contributed by atoms with Crippen molar-refractivity contribution in [2.45, 2.75) is 45.8 Å². The number of nitrogens with one attached hydrogen (secondary N) is 1. The first-order valence-electron chi connectivity index (χ1n) is 12.0. The Labute approximate surface area is 223 Å². The number of carbonyl (C=O) groups is 2. The van der Waals surface area contributed by atoms with Gasteiger partial charge in [0.2, 0.25) is 5.43 Å². The van der Waals surface area contributed by atoms with E-state index >= 15 is 0 Å². The van der Waals surface area contributed by atoms with Gasteiger partial charge >= 0.3 is 5.97 Å². The van der Waals surface area contributed by atoms with Crippen molar-refractivity contribution in [1.29, 1.82) is 0 Å². The number of nitrogens with zero attached hydrogens (tertiary/aromatic N) is 1. The van der Waals surface area contributed by atoms with Crippen molar-refractivity contribution in [2.75, 3.05) is 7.11 Å². The van der Waals surface area contributed by atoms with E-state index in [2.05, 4.69) is 10.3 Å². The second-order valence-electron chi connectivity index (χ2n) is 8.80. The number of hydrogen-bond donors (Lipinski definition) is 2. The Balaban J connectivity index is 1.55. The lowest BCUT2D eigenvalue weighted by molar-refractivity contribution is -0.145. The lowest BCUT2D eigenvalue weighted by atomic mass is 10.1. The maximum absolute atomic E-state index is 13.2. The molecule has 2 N–H and O–H groups in total. The molecule has 0 saturated carbocycles. The van der Waals surface area contributed by atoms with E-state index in [4.69, 9.17) is 13.9 Å². The topological polar surface area (TPSA) is 128 Å². The monoisotopic (exact) mass is 536 g/mol. The van der Waals surface area contributed by atoms with Gasteiger partial charge in [-0.3, -0.25) is 9.59 Å². The number of carbonyl (C=O) groups excluding carboxylic acids is 2. The Bertz CT molecular complexity index is 1520. The Kier molecular flexibility index (Phi) is 8.11. The number of hydrogen-bond acceptors (Lipinski definition) is 9. The van der Waals surface area contributed by atoms with Crippen molar-refractivity contribution in [1.82, 2.24) is 10.3 Å². The molecule has 4 aromatic rings. The molecule has 4 rings (SSSR count). The second-order valence-corrected chi connectivity index (χ2v) is 9.66. The molecule has 0 fully saturated rings. The minimum atomic E-state index is -0.964. The fourth-order valence-electron chi connectivity index (χ4n) is 3.95. The third kappa shape index (κ3) is 5.86. The van der Waals surface area contributed by atoms with E-state index in [0.717, 1.165) is 16.8 Å². The quantitative estimate of drug-likeness (QED) is 0.305. The number of thiazole rings is 1. The molecule has 0 bridgehead atoms. The number of fused-ring (bicyclic) bond motifs is 1. The van der Waals surface area contributed by atoms with Gasteiger partial charge in [0.05, 0.1) is 18.1 Å². The van der Waals surface area contributed by atoms with E-state index in [-0.39, 0.29) is 17.6 Å². The summed E-state index contributed by atoms with van der Waals surface area (Å²) in [6, 6.07) is 8.70. The number of aromatic nitrogens is 1. The summed E-state index contributed by atoms with van der Waals surface area (Å²) in [7, 11) is 1.25. The van der Waals surface area contributed by atoms with Gasteiger partial charge in [-0.05, 0) is 49.6 Å². The molecule has 38 heavy (non-hydrogen) atoms. The van der Waals surface area contributed by atoms with Crippen LogP contribution in [0, 0.1) is 6.92 Å². The van der Waals surface area contributed by atoms with E-state index in [1.807, 2.05) is 19.2 Å². The predicted molar refractivity (Wildman–Crippen MR) is 144 cm³/mol. The van der Waals surface area contributed by atoms with Crippen molar-refractivity contribution in [2.24, 2.45) is 0 Å². The fourth-order valence-corrected chi connectivity index (χ4v) is 4.75. The number of methoxy groups -OCH3 is 1. The molecule has 1 amide bonds. The molecule has 2 atom stereocenters. The Hall–Kier alpha value is -4.18. The highest BCUT2D eigenvalue weighted by Gasteiger charge is 2.26. The summed E-state index contributed by atoms with van der Waals surface area (Å²) >= 11 is 1.38. The lowest BCUT2D eigenvalue weighted by Crippen LogP contribution is -2.47. The zero-order valence-electron chi connectivity index (χ0n) is 21.4. The molecule has 9 nitrogen and oxygen atoms in total. The molecule has 198 valence electrons. The van der Waals surface area contributed by atoms with Crippen molar-refractivity contribution >= 4 is 34.2 Å². The van der Waals surface area contributed by atoms with Gasteiger partial charge in [-0.1, -0.05) is 19.1 Å². The first kappa shape index (κ1) is 26.9. The summed E-state index contributed by atoms with van der Waals surface area (Å²) in [4.78, 5) is 42.9. The van der Waals surface area contributed by atoms with E-state index in [9.17, 15) is 19.5 Å². The largest absolute Gasteiger partial charge is 0.508 e. The normalized spacial score (nSPS) is 12.6. The number of esters is 1. The van der Waals surface area contributed by atoms with E-state index < -0.39 is 24.0 Å². The van der Waals surface area contributed by atoms with Crippen LogP contribution in [-0.2, 0) is 27.2 Å². The number of aromatic hydroxyl groups is 1. The number of benzene rings is 2. The van der Waals surface area contributed by atoms with Crippen LogP contribution in [0.5, 0.6) is 11.5 Å². The Morgan fingerprint density at radius 1 is 1.21 bits per heavy atom. The highest BCUT2D eigenvalue weighted by molar-refractivity contribution is 7.13. The molecule has 0 aliphatic heterocycles.